The molecule has 0 spiro atoms. The first-order valence-electron chi connectivity index (χ1n) is 6.55. The predicted molar refractivity (Wildman–Crippen MR) is 75.7 cm³/mol. The van der Waals surface area contributed by atoms with Crippen LogP contribution in [0.15, 0.2) is 30.3 Å². The molecule has 1 heterocycles. The van der Waals surface area contributed by atoms with Crippen molar-refractivity contribution in [3.63, 3.8) is 0 Å². The van der Waals surface area contributed by atoms with Crippen molar-refractivity contribution in [2.24, 2.45) is 5.73 Å². The molecule has 1 saturated carbocycles. The van der Waals surface area contributed by atoms with Crippen LogP contribution in [0.4, 0.5) is 5.82 Å². The number of hydrogen-bond acceptors (Lipinski definition) is 3. The van der Waals surface area contributed by atoms with E-state index in [0.717, 1.165) is 30.7 Å². The van der Waals surface area contributed by atoms with E-state index in [1.165, 1.54) is 17.4 Å². The third-order valence-electron chi connectivity index (χ3n) is 3.87. The number of pyridine rings is 1. The van der Waals surface area contributed by atoms with Gasteiger partial charge in [0.15, 0.2) is 0 Å². The van der Waals surface area contributed by atoms with Gasteiger partial charge in [-0.3, -0.25) is 0 Å². The molecule has 1 aliphatic carbocycles. The average Bonchev–Trinajstić information content (AvgIpc) is 2.34. The number of benzene rings is 1. The molecule has 0 bridgehead atoms. The molecule has 1 aromatic carbocycles. The molecule has 3 N–H and O–H groups in total. The molecule has 3 nitrogen and oxygen atoms in total. The van der Waals surface area contributed by atoms with Gasteiger partial charge in [-0.15, -0.1) is 0 Å². The second-order valence-corrected chi connectivity index (χ2v) is 5.42. The van der Waals surface area contributed by atoms with Gasteiger partial charge in [0.1, 0.15) is 5.82 Å². The standard InChI is InChI=1S/C15H19N3/c1-11-9-12-5-2-3-6-13(12)18-14(11)17-10-15(16)7-4-8-15/h2-3,5-6,9H,4,7-8,10,16H2,1H3,(H,17,18). The summed E-state index contributed by atoms with van der Waals surface area (Å²) >= 11 is 0. The highest BCUT2D eigenvalue weighted by Crippen LogP contribution is 2.29. The van der Waals surface area contributed by atoms with Gasteiger partial charge in [0, 0.05) is 17.5 Å². The topological polar surface area (TPSA) is 50.9 Å². The molecule has 0 saturated heterocycles. The molecule has 3 heteroatoms. The Bertz CT molecular complexity index is 573. The largest absolute Gasteiger partial charge is 0.368 e. The summed E-state index contributed by atoms with van der Waals surface area (Å²) in [7, 11) is 0. The maximum absolute atomic E-state index is 6.22. The Balaban J connectivity index is 1.84. The molecule has 94 valence electrons. The summed E-state index contributed by atoms with van der Waals surface area (Å²) in [4.78, 5) is 4.67. The molecule has 1 aromatic heterocycles. The fraction of sp³-hybridized carbons (Fsp3) is 0.400. The SMILES string of the molecule is Cc1cc2ccccc2nc1NCC1(N)CCC1. The lowest BCUT2D eigenvalue weighted by atomic mass is 9.78. The highest BCUT2D eigenvalue weighted by molar-refractivity contribution is 5.81. The van der Waals surface area contributed by atoms with Gasteiger partial charge in [-0.1, -0.05) is 18.2 Å². The van der Waals surface area contributed by atoms with E-state index in [1.54, 1.807) is 0 Å². The van der Waals surface area contributed by atoms with Crippen LogP contribution in [-0.2, 0) is 0 Å². The first kappa shape index (κ1) is 11.5. The van der Waals surface area contributed by atoms with Crippen molar-refractivity contribution in [1.82, 2.24) is 4.98 Å². The molecule has 0 radical (unpaired) electrons. The van der Waals surface area contributed by atoms with Crippen molar-refractivity contribution in [3.05, 3.63) is 35.9 Å². The van der Waals surface area contributed by atoms with Crippen LogP contribution < -0.4 is 11.1 Å². The Kier molecular flexibility index (Phi) is 2.71. The van der Waals surface area contributed by atoms with E-state index in [4.69, 9.17) is 5.73 Å². The molecule has 2 aromatic rings. The number of rotatable bonds is 3. The maximum Gasteiger partial charge on any atom is 0.129 e. The van der Waals surface area contributed by atoms with E-state index < -0.39 is 0 Å². The van der Waals surface area contributed by atoms with E-state index in [-0.39, 0.29) is 5.54 Å². The fourth-order valence-corrected chi connectivity index (χ4v) is 2.47. The molecule has 3 rings (SSSR count). The van der Waals surface area contributed by atoms with Crippen molar-refractivity contribution < 1.29 is 0 Å². The molecule has 18 heavy (non-hydrogen) atoms. The minimum absolute atomic E-state index is 0.0141. The minimum Gasteiger partial charge on any atom is -0.368 e. The molecule has 0 amide bonds. The van der Waals surface area contributed by atoms with Gasteiger partial charge in [-0.25, -0.2) is 4.98 Å². The van der Waals surface area contributed by atoms with E-state index in [1.807, 2.05) is 18.2 Å². The number of fused-ring (bicyclic) bond motifs is 1. The highest BCUT2D eigenvalue weighted by atomic mass is 15.0. The summed E-state index contributed by atoms with van der Waals surface area (Å²) in [5.74, 6) is 0.963. The summed E-state index contributed by atoms with van der Waals surface area (Å²) < 4.78 is 0. The van der Waals surface area contributed by atoms with Crippen molar-refractivity contribution in [2.45, 2.75) is 31.7 Å². The Morgan fingerprint density at radius 2 is 2.11 bits per heavy atom. The number of hydrogen-bond donors (Lipinski definition) is 2. The smallest absolute Gasteiger partial charge is 0.129 e. The van der Waals surface area contributed by atoms with E-state index in [9.17, 15) is 0 Å². The molecule has 0 aliphatic heterocycles. The number of nitrogens with one attached hydrogen (secondary N) is 1. The third kappa shape index (κ3) is 2.06. The van der Waals surface area contributed by atoms with E-state index in [2.05, 4.69) is 29.4 Å². The Morgan fingerprint density at radius 1 is 1.33 bits per heavy atom. The van der Waals surface area contributed by atoms with Gasteiger partial charge in [0.05, 0.1) is 5.52 Å². The minimum atomic E-state index is -0.0141. The van der Waals surface area contributed by atoms with Crippen LogP contribution in [0.1, 0.15) is 24.8 Å². The van der Waals surface area contributed by atoms with Crippen LogP contribution in [0.25, 0.3) is 10.9 Å². The number of para-hydroxylation sites is 1. The average molecular weight is 241 g/mol. The molecule has 1 fully saturated rings. The van der Waals surface area contributed by atoms with Gasteiger partial charge >= 0.3 is 0 Å². The number of aryl methyl sites for hydroxylation is 1. The lowest BCUT2D eigenvalue weighted by Crippen LogP contribution is -2.52. The van der Waals surface area contributed by atoms with Crippen molar-refractivity contribution in [1.29, 1.82) is 0 Å². The zero-order valence-corrected chi connectivity index (χ0v) is 10.7. The van der Waals surface area contributed by atoms with Gasteiger partial charge in [0.2, 0.25) is 0 Å². The third-order valence-corrected chi connectivity index (χ3v) is 3.87. The summed E-state index contributed by atoms with van der Waals surface area (Å²) in [6, 6.07) is 10.4. The Labute approximate surface area is 107 Å². The van der Waals surface area contributed by atoms with Crippen LogP contribution >= 0.6 is 0 Å². The van der Waals surface area contributed by atoms with Crippen molar-refractivity contribution >= 4 is 16.7 Å². The monoisotopic (exact) mass is 241 g/mol. The Morgan fingerprint density at radius 3 is 2.83 bits per heavy atom. The summed E-state index contributed by atoms with van der Waals surface area (Å²) in [6.45, 7) is 2.91. The van der Waals surface area contributed by atoms with Crippen LogP contribution in [0.5, 0.6) is 0 Å². The Hall–Kier alpha value is -1.61. The maximum atomic E-state index is 6.22. The van der Waals surface area contributed by atoms with Gasteiger partial charge in [-0.2, -0.15) is 0 Å². The second kappa shape index (κ2) is 4.25. The summed E-state index contributed by atoms with van der Waals surface area (Å²) in [6.07, 6.45) is 3.49. The molecular weight excluding hydrogens is 222 g/mol. The second-order valence-electron chi connectivity index (χ2n) is 5.42. The lowest BCUT2D eigenvalue weighted by Gasteiger charge is -2.38. The first-order chi connectivity index (χ1) is 8.66. The van der Waals surface area contributed by atoms with Gasteiger partial charge in [0.25, 0.3) is 0 Å². The van der Waals surface area contributed by atoms with E-state index >= 15 is 0 Å². The molecule has 0 atom stereocenters. The van der Waals surface area contributed by atoms with Crippen LogP contribution in [0.3, 0.4) is 0 Å². The van der Waals surface area contributed by atoms with Gasteiger partial charge < -0.3 is 11.1 Å². The quantitative estimate of drug-likeness (QED) is 0.868. The number of nitrogens with two attached hydrogens (primary N) is 1. The summed E-state index contributed by atoms with van der Waals surface area (Å²) in [5.41, 5.74) is 8.42. The number of aromatic nitrogens is 1. The zero-order valence-electron chi connectivity index (χ0n) is 10.7. The first-order valence-corrected chi connectivity index (χ1v) is 6.55. The van der Waals surface area contributed by atoms with E-state index in [0.29, 0.717) is 0 Å². The normalized spacial score (nSPS) is 17.4. The number of anilines is 1. The number of nitrogens with zero attached hydrogens (tertiary/aromatic N) is 1. The van der Waals surface area contributed by atoms with Gasteiger partial charge in [-0.05, 0) is 43.9 Å². The van der Waals surface area contributed by atoms with Crippen LogP contribution in [0.2, 0.25) is 0 Å². The fourth-order valence-electron chi connectivity index (χ4n) is 2.47. The highest BCUT2D eigenvalue weighted by Gasteiger charge is 2.32. The zero-order chi connectivity index (χ0) is 12.6. The van der Waals surface area contributed by atoms with Crippen molar-refractivity contribution in [3.8, 4) is 0 Å². The molecule has 1 aliphatic rings. The summed E-state index contributed by atoms with van der Waals surface area (Å²) in [5, 5.41) is 4.60. The van der Waals surface area contributed by atoms with Crippen LogP contribution in [0, 0.1) is 6.92 Å². The molecule has 0 unspecified atom stereocenters. The van der Waals surface area contributed by atoms with Crippen molar-refractivity contribution in [2.75, 3.05) is 11.9 Å². The van der Waals surface area contributed by atoms with Crippen LogP contribution in [-0.4, -0.2) is 17.1 Å². The predicted octanol–water partition coefficient (Wildman–Crippen LogP) is 2.84. The molecular formula is C15H19N3. The lowest BCUT2D eigenvalue weighted by molar-refractivity contribution is 0.265.